The Morgan fingerprint density at radius 3 is 2.25 bits per heavy atom. The number of rotatable bonds is 2. The predicted molar refractivity (Wildman–Crippen MR) is 32.2 cm³/mol. The molecule has 0 radical (unpaired) electrons. The van der Waals surface area contributed by atoms with Gasteiger partial charge < -0.3 is 5.11 Å². The van der Waals surface area contributed by atoms with Crippen LogP contribution in [0.4, 0.5) is 0 Å². The second kappa shape index (κ2) is 2.35. The highest BCUT2D eigenvalue weighted by Gasteiger charge is 2.26. The lowest BCUT2D eigenvalue weighted by Gasteiger charge is -2.11. The quantitative estimate of drug-likeness (QED) is 0.584. The maximum Gasteiger partial charge on any atom is 0.324 e. The van der Waals surface area contributed by atoms with Crippen LogP contribution in [0, 0.1) is 0 Å². The number of carboxylic acid groups (broad SMARTS) is 1. The van der Waals surface area contributed by atoms with E-state index in [1.165, 1.54) is 6.92 Å². The van der Waals surface area contributed by atoms with Crippen LogP contribution in [-0.2, 0) is 4.79 Å². The molecule has 1 atom stereocenters. The Hall–Kier alpha value is -0.240. The molecule has 0 fully saturated rings. The van der Waals surface area contributed by atoms with Crippen LogP contribution in [0.5, 0.6) is 0 Å². The van der Waals surface area contributed by atoms with Gasteiger partial charge in [-0.15, -0.1) is 11.6 Å². The van der Waals surface area contributed by atoms with E-state index in [0.717, 1.165) is 0 Å². The van der Waals surface area contributed by atoms with Gasteiger partial charge in [-0.05, 0) is 13.3 Å². The molecule has 0 spiro atoms. The summed E-state index contributed by atoms with van der Waals surface area (Å²) >= 11 is 5.46. The van der Waals surface area contributed by atoms with Crippen molar-refractivity contribution < 1.29 is 9.90 Å². The molecule has 0 aliphatic rings. The van der Waals surface area contributed by atoms with Gasteiger partial charge in [-0.1, -0.05) is 6.92 Å². The van der Waals surface area contributed by atoms with E-state index in [0.29, 0.717) is 6.42 Å². The van der Waals surface area contributed by atoms with Gasteiger partial charge in [0.1, 0.15) is 4.87 Å². The van der Waals surface area contributed by atoms with Gasteiger partial charge in [-0.25, -0.2) is 0 Å². The summed E-state index contributed by atoms with van der Waals surface area (Å²) in [6, 6.07) is 0. The Labute approximate surface area is 53.5 Å². The Bertz CT molecular complexity index is 98.6. The SMILES string of the molecule is CC[C@](C)(Cl)C(=O)O. The number of carboxylic acids is 1. The molecule has 3 heteroatoms. The molecule has 0 aliphatic carbocycles. The first-order chi connectivity index (χ1) is 3.50. The molecule has 0 aromatic rings. The van der Waals surface area contributed by atoms with E-state index in [1.807, 2.05) is 0 Å². The van der Waals surface area contributed by atoms with E-state index in [4.69, 9.17) is 16.7 Å². The smallest absolute Gasteiger partial charge is 0.324 e. The number of hydrogen-bond donors (Lipinski definition) is 1. The third-order valence-electron chi connectivity index (χ3n) is 1.11. The van der Waals surface area contributed by atoms with Crippen LogP contribution < -0.4 is 0 Å². The van der Waals surface area contributed by atoms with E-state index in [2.05, 4.69) is 0 Å². The monoisotopic (exact) mass is 136 g/mol. The average Bonchev–Trinajstić information content (AvgIpc) is 1.67. The number of hydrogen-bond acceptors (Lipinski definition) is 1. The van der Waals surface area contributed by atoms with Crippen LogP contribution in [0.25, 0.3) is 0 Å². The molecule has 0 aliphatic heterocycles. The van der Waals surface area contributed by atoms with Crippen molar-refractivity contribution in [3.05, 3.63) is 0 Å². The highest BCUT2D eigenvalue weighted by Crippen LogP contribution is 2.17. The minimum atomic E-state index is -1.07. The Kier molecular flexibility index (Phi) is 2.28. The molecule has 2 nitrogen and oxygen atoms in total. The van der Waals surface area contributed by atoms with E-state index in [1.54, 1.807) is 6.92 Å². The zero-order valence-electron chi connectivity index (χ0n) is 4.94. The fraction of sp³-hybridized carbons (Fsp3) is 0.800. The van der Waals surface area contributed by atoms with E-state index >= 15 is 0 Å². The summed E-state index contributed by atoms with van der Waals surface area (Å²) in [5, 5.41) is 8.31. The topological polar surface area (TPSA) is 37.3 Å². The van der Waals surface area contributed by atoms with Crippen molar-refractivity contribution in [2.24, 2.45) is 0 Å². The summed E-state index contributed by atoms with van der Waals surface area (Å²) in [5.41, 5.74) is 0. The van der Waals surface area contributed by atoms with Crippen molar-refractivity contribution in [3.8, 4) is 0 Å². The lowest BCUT2D eigenvalue weighted by molar-refractivity contribution is -0.139. The molecule has 0 saturated carbocycles. The molecule has 8 heavy (non-hydrogen) atoms. The number of halogens is 1. The minimum Gasteiger partial charge on any atom is -0.480 e. The van der Waals surface area contributed by atoms with Crippen LogP contribution in [0.15, 0.2) is 0 Å². The lowest BCUT2D eigenvalue weighted by Crippen LogP contribution is -2.26. The van der Waals surface area contributed by atoms with Gasteiger partial charge in [0.2, 0.25) is 0 Å². The van der Waals surface area contributed by atoms with Gasteiger partial charge in [0, 0.05) is 0 Å². The molecule has 0 unspecified atom stereocenters. The molecule has 0 amide bonds. The van der Waals surface area contributed by atoms with Crippen LogP contribution in [0.3, 0.4) is 0 Å². The zero-order chi connectivity index (χ0) is 6.78. The Balaban J connectivity index is 3.91. The highest BCUT2D eigenvalue weighted by atomic mass is 35.5. The van der Waals surface area contributed by atoms with Crippen molar-refractivity contribution in [1.29, 1.82) is 0 Å². The Morgan fingerprint density at radius 1 is 1.88 bits per heavy atom. The number of carbonyl (C=O) groups is 1. The summed E-state index contributed by atoms with van der Waals surface area (Å²) in [6.07, 6.45) is 0.448. The van der Waals surface area contributed by atoms with E-state index < -0.39 is 10.8 Å². The predicted octanol–water partition coefficient (Wildman–Crippen LogP) is 1.48. The van der Waals surface area contributed by atoms with E-state index in [9.17, 15) is 4.79 Å². The van der Waals surface area contributed by atoms with Gasteiger partial charge in [0.05, 0.1) is 0 Å². The maximum atomic E-state index is 10.1. The molecular weight excluding hydrogens is 128 g/mol. The summed E-state index contributed by atoms with van der Waals surface area (Å²) < 4.78 is 0. The fourth-order valence-electron chi connectivity index (χ4n) is 0.151. The third-order valence-corrected chi connectivity index (χ3v) is 1.54. The van der Waals surface area contributed by atoms with Gasteiger partial charge >= 0.3 is 5.97 Å². The minimum absolute atomic E-state index is 0.448. The molecule has 48 valence electrons. The van der Waals surface area contributed by atoms with Crippen LogP contribution >= 0.6 is 11.6 Å². The molecule has 0 bridgehead atoms. The first-order valence-electron chi connectivity index (χ1n) is 2.43. The third kappa shape index (κ3) is 1.70. The first kappa shape index (κ1) is 7.76. The highest BCUT2D eigenvalue weighted by molar-refractivity contribution is 6.33. The molecule has 0 heterocycles. The molecule has 0 aromatic carbocycles. The van der Waals surface area contributed by atoms with Crippen LogP contribution in [0.1, 0.15) is 20.3 Å². The fourth-order valence-corrected chi connectivity index (χ4v) is 0.151. The van der Waals surface area contributed by atoms with Crippen molar-refractivity contribution in [1.82, 2.24) is 0 Å². The van der Waals surface area contributed by atoms with Gasteiger partial charge in [0.15, 0.2) is 0 Å². The average molecular weight is 137 g/mol. The molecule has 0 aromatic heterocycles. The van der Waals surface area contributed by atoms with Crippen molar-refractivity contribution in [2.45, 2.75) is 25.1 Å². The standard InChI is InChI=1S/C5H9ClO2/c1-3-5(2,6)4(7)8/h3H2,1-2H3,(H,7,8)/t5-/m0/s1. The van der Waals surface area contributed by atoms with Crippen LogP contribution in [0.2, 0.25) is 0 Å². The second-order valence-corrected chi connectivity index (χ2v) is 2.69. The second-order valence-electron chi connectivity index (χ2n) is 1.86. The summed E-state index contributed by atoms with van der Waals surface area (Å²) in [4.78, 5) is 9.05. The lowest BCUT2D eigenvalue weighted by atomic mass is 10.1. The molecule has 0 rings (SSSR count). The zero-order valence-corrected chi connectivity index (χ0v) is 5.70. The summed E-state index contributed by atoms with van der Waals surface area (Å²) in [7, 11) is 0. The van der Waals surface area contributed by atoms with Gasteiger partial charge in [0.25, 0.3) is 0 Å². The largest absolute Gasteiger partial charge is 0.480 e. The van der Waals surface area contributed by atoms with Gasteiger partial charge in [-0.3, -0.25) is 4.79 Å². The van der Waals surface area contributed by atoms with Crippen LogP contribution in [-0.4, -0.2) is 16.0 Å². The van der Waals surface area contributed by atoms with Crippen molar-refractivity contribution in [2.75, 3.05) is 0 Å². The van der Waals surface area contributed by atoms with E-state index in [-0.39, 0.29) is 0 Å². The Morgan fingerprint density at radius 2 is 2.25 bits per heavy atom. The molecule has 1 N–H and O–H groups in total. The van der Waals surface area contributed by atoms with Crippen molar-refractivity contribution >= 4 is 17.6 Å². The molecule has 0 saturated heterocycles. The van der Waals surface area contributed by atoms with Gasteiger partial charge in [-0.2, -0.15) is 0 Å². The first-order valence-corrected chi connectivity index (χ1v) is 2.81. The maximum absolute atomic E-state index is 10.1. The number of alkyl halides is 1. The summed E-state index contributed by atoms with van der Waals surface area (Å²) in [5.74, 6) is -0.957. The number of aliphatic carboxylic acids is 1. The molecular formula is C5H9ClO2. The normalized spacial score (nSPS) is 17.4. The summed E-state index contributed by atoms with van der Waals surface area (Å²) in [6.45, 7) is 3.22. The van der Waals surface area contributed by atoms with Crippen molar-refractivity contribution in [3.63, 3.8) is 0 Å².